The van der Waals surface area contributed by atoms with Gasteiger partial charge in [-0.05, 0) is 24.6 Å². The Morgan fingerprint density at radius 1 is 1.08 bits per heavy atom. The quantitative estimate of drug-likeness (QED) is 0.688. The molecule has 26 heavy (non-hydrogen) atoms. The zero-order chi connectivity index (χ0) is 18.7. The van der Waals surface area contributed by atoms with E-state index in [0.717, 1.165) is 11.1 Å². The van der Waals surface area contributed by atoms with Crippen molar-refractivity contribution >= 4 is 22.8 Å². The van der Waals surface area contributed by atoms with Crippen LogP contribution in [0.4, 0.5) is 0 Å². The summed E-state index contributed by atoms with van der Waals surface area (Å²) < 4.78 is 12.1. The fraction of sp³-hybridized carbons (Fsp3) is 0.200. The monoisotopic (exact) mass is 353 g/mol. The van der Waals surface area contributed by atoms with Crippen LogP contribution >= 0.6 is 0 Å². The second-order valence-corrected chi connectivity index (χ2v) is 5.85. The predicted molar refractivity (Wildman–Crippen MR) is 96.7 cm³/mol. The number of aromatic nitrogens is 1. The van der Waals surface area contributed by atoms with E-state index in [1.807, 2.05) is 41.0 Å². The van der Waals surface area contributed by atoms with Gasteiger partial charge in [0.25, 0.3) is 0 Å². The summed E-state index contributed by atoms with van der Waals surface area (Å²) in [6.45, 7) is 2.03. The summed E-state index contributed by atoms with van der Waals surface area (Å²) in [6.07, 6.45) is 0. The number of fused-ring (bicyclic) bond motifs is 1. The first-order valence-corrected chi connectivity index (χ1v) is 8.11. The lowest BCUT2D eigenvalue weighted by Crippen LogP contribution is -2.12. The highest BCUT2D eigenvalue weighted by Gasteiger charge is 2.23. The summed E-state index contributed by atoms with van der Waals surface area (Å²) in [5.74, 6) is -1.21. The molecule has 1 N–H and O–H groups in total. The van der Waals surface area contributed by atoms with Gasteiger partial charge in [-0.3, -0.25) is 0 Å². The topological polar surface area (TPSA) is 77.8 Å². The number of benzene rings is 2. The zero-order valence-electron chi connectivity index (χ0n) is 14.6. The van der Waals surface area contributed by atoms with E-state index in [4.69, 9.17) is 4.74 Å². The molecule has 1 heterocycles. The Bertz CT molecular complexity index is 959. The van der Waals surface area contributed by atoms with Gasteiger partial charge in [-0.2, -0.15) is 0 Å². The molecule has 0 aliphatic heterocycles. The molecule has 3 rings (SSSR count). The highest BCUT2D eigenvalue weighted by Crippen LogP contribution is 2.34. The van der Waals surface area contributed by atoms with Gasteiger partial charge in [0.2, 0.25) is 0 Å². The normalized spacial score (nSPS) is 10.7. The third-order valence-corrected chi connectivity index (χ3v) is 4.28. The molecule has 0 unspecified atom stereocenters. The molecule has 1 aromatic heterocycles. The number of carbonyl (C=O) groups is 2. The van der Waals surface area contributed by atoms with Crippen LogP contribution in [0.25, 0.3) is 10.9 Å². The van der Waals surface area contributed by atoms with Gasteiger partial charge >= 0.3 is 11.9 Å². The zero-order valence-corrected chi connectivity index (χ0v) is 14.6. The van der Waals surface area contributed by atoms with Crippen LogP contribution in [0.5, 0.6) is 5.75 Å². The van der Waals surface area contributed by atoms with Crippen LogP contribution < -0.4 is 4.74 Å². The Labute approximate surface area is 150 Å². The predicted octanol–water partition coefficient (Wildman–Crippen LogP) is 3.25. The van der Waals surface area contributed by atoms with Gasteiger partial charge in [0.05, 0.1) is 23.6 Å². The Hall–Kier alpha value is -3.28. The van der Waals surface area contributed by atoms with Crippen LogP contribution in [-0.2, 0) is 16.1 Å². The van der Waals surface area contributed by atoms with Crippen molar-refractivity contribution in [1.29, 1.82) is 0 Å². The molecule has 0 saturated carbocycles. The number of carboxylic acids is 1. The lowest BCUT2D eigenvalue weighted by Gasteiger charge is -2.09. The van der Waals surface area contributed by atoms with Gasteiger partial charge in [-0.15, -0.1) is 0 Å². The molecular formula is C20H19NO5. The number of rotatable bonds is 6. The molecule has 6 nitrogen and oxygen atoms in total. The molecule has 0 saturated heterocycles. The number of ether oxygens (including phenoxy) is 2. The molecule has 0 aliphatic carbocycles. The highest BCUT2D eigenvalue weighted by atomic mass is 16.6. The Kier molecular flexibility index (Phi) is 4.93. The summed E-state index contributed by atoms with van der Waals surface area (Å²) in [6, 6.07) is 15.1. The van der Waals surface area contributed by atoms with E-state index in [9.17, 15) is 14.7 Å². The van der Waals surface area contributed by atoms with Crippen LogP contribution in [-0.4, -0.2) is 35.3 Å². The number of carbonyl (C=O) groups excluding carboxylic acids is 1. The first-order valence-electron chi connectivity index (χ1n) is 8.11. The van der Waals surface area contributed by atoms with Crippen LogP contribution in [0.15, 0.2) is 48.5 Å². The summed E-state index contributed by atoms with van der Waals surface area (Å²) in [5, 5.41) is 10.2. The van der Waals surface area contributed by atoms with Gasteiger partial charge in [0.15, 0.2) is 6.61 Å². The molecule has 0 radical (unpaired) electrons. The summed E-state index contributed by atoms with van der Waals surface area (Å²) in [7, 11) is 1.27. The number of hydrogen-bond donors (Lipinski definition) is 1. The molecule has 2 aromatic carbocycles. The Balaban J connectivity index is 2.13. The minimum atomic E-state index is -1.03. The number of hydrogen-bond acceptors (Lipinski definition) is 4. The van der Waals surface area contributed by atoms with Crippen molar-refractivity contribution in [2.75, 3.05) is 13.7 Å². The first-order chi connectivity index (χ1) is 12.5. The largest absolute Gasteiger partial charge is 0.481 e. The molecule has 0 atom stereocenters. The third-order valence-electron chi connectivity index (χ3n) is 4.28. The van der Waals surface area contributed by atoms with Crippen molar-refractivity contribution in [3.05, 3.63) is 65.4 Å². The van der Waals surface area contributed by atoms with E-state index >= 15 is 0 Å². The average molecular weight is 353 g/mol. The second-order valence-electron chi connectivity index (χ2n) is 5.85. The standard InChI is InChI=1S/C20H19NO5/c1-13-18(20(23)24)19-15(21(13)11-14-7-4-3-5-8-14)9-6-10-16(19)26-12-17(22)25-2/h3-10H,11-12H2,1-2H3,(H,23,24). The number of methoxy groups -OCH3 is 1. The minimum Gasteiger partial charge on any atom is -0.481 e. The van der Waals surface area contributed by atoms with Crippen LogP contribution in [0.3, 0.4) is 0 Å². The van der Waals surface area contributed by atoms with E-state index in [1.165, 1.54) is 7.11 Å². The van der Waals surface area contributed by atoms with Crippen LogP contribution in [0.1, 0.15) is 21.6 Å². The van der Waals surface area contributed by atoms with Crippen molar-refractivity contribution in [3.63, 3.8) is 0 Å². The van der Waals surface area contributed by atoms with E-state index in [1.54, 1.807) is 19.1 Å². The van der Waals surface area contributed by atoms with Crippen LogP contribution in [0, 0.1) is 6.92 Å². The van der Waals surface area contributed by atoms with Crippen LogP contribution in [0.2, 0.25) is 0 Å². The number of nitrogens with zero attached hydrogens (tertiary/aromatic N) is 1. The molecule has 0 amide bonds. The van der Waals surface area contributed by atoms with Gasteiger partial charge in [-0.1, -0.05) is 36.4 Å². The fourth-order valence-corrected chi connectivity index (χ4v) is 3.04. The lowest BCUT2D eigenvalue weighted by atomic mass is 10.1. The van der Waals surface area contributed by atoms with Crippen molar-refractivity contribution in [2.45, 2.75) is 13.5 Å². The van der Waals surface area contributed by atoms with Gasteiger partial charge in [-0.25, -0.2) is 9.59 Å². The van der Waals surface area contributed by atoms with Gasteiger partial charge in [0, 0.05) is 12.2 Å². The molecule has 6 heteroatoms. The van der Waals surface area contributed by atoms with E-state index < -0.39 is 11.9 Å². The Morgan fingerprint density at radius 2 is 1.81 bits per heavy atom. The third kappa shape index (κ3) is 3.26. The number of aromatic carboxylic acids is 1. The van der Waals surface area contributed by atoms with Gasteiger partial charge in [0.1, 0.15) is 5.75 Å². The van der Waals surface area contributed by atoms with Crippen molar-refractivity contribution in [2.24, 2.45) is 0 Å². The summed E-state index contributed by atoms with van der Waals surface area (Å²) >= 11 is 0. The summed E-state index contributed by atoms with van der Waals surface area (Å²) in [4.78, 5) is 23.3. The maximum Gasteiger partial charge on any atom is 0.343 e. The molecule has 0 aliphatic rings. The molecule has 0 fully saturated rings. The highest BCUT2D eigenvalue weighted by molar-refractivity contribution is 6.07. The molecule has 0 bridgehead atoms. The maximum atomic E-state index is 11.9. The molecular weight excluding hydrogens is 334 g/mol. The summed E-state index contributed by atoms with van der Waals surface area (Å²) in [5.41, 5.74) is 2.61. The van der Waals surface area contributed by atoms with E-state index in [-0.39, 0.29) is 12.2 Å². The van der Waals surface area contributed by atoms with Crippen molar-refractivity contribution in [1.82, 2.24) is 4.57 Å². The molecule has 3 aromatic rings. The van der Waals surface area contributed by atoms with E-state index in [2.05, 4.69) is 4.74 Å². The number of esters is 1. The molecule has 0 spiro atoms. The Morgan fingerprint density at radius 3 is 2.46 bits per heavy atom. The fourth-order valence-electron chi connectivity index (χ4n) is 3.04. The van der Waals surface area contributed by atoms with Crippen molar-refractivity contribution in [3.8, 4) is 5.75 Å². The minimum absolute atomic E-state index is 0.177. The van der Waals surface area contributed by atoms with Crippen molar-refractivity contribution < 1.29 is 24.2 Å². The maximum absolute atomic E-state index is 11.9. The smallest absolute Gasteiger partial charge is 0.343 e. The van der Waals surface area contributed by atoms with Gasteiger partial charge < -0.3 is 19.1 Å². The van der Waals surface area contributed by atoms with E-state index in [0.29, 0.717) is 23.4 Å². The average Bonchev–Trinajstić information content (AvgIpc) is 2.93. The second kappa shape index (κ2) is 7.31. The lowest BCUT2D eigenvalue weighted by molar-refractivity contribution is -0.142. The SMILES string of the molecule is COC(=O)COc1cccc2c1c(C(=O)O)c(C)n2Cc1ccccc1. The number of carboxylic acid groups (broad SMARTS) is 1. The molecule has 134 valence electrons. The first kappa shape index (κ1) is 17.5.